The van der Waals surface area contributed by atoms with Crippen molar-refractivity contribution < 1.29 is 13.2 Å². The molecule has 2 saturated heterocycles. The van der Waals surface area contributed by atoms with Crippen molar-refractivity contribution in [1.29, 1.82) is 0 Å². The van der Waals surface area contributed by atoms with Crippen LogP contribution < -0.4 is 0 Å². The molecule has 2 heterocycles. The van der Waals surface area contributed by atoms with Crippen LogP contribution in [0.5, 0.6) is 0 Å². The first-order valence-corrected chi connectivity index (χ1v) is 7.78. The molecule has 0 saturated carbocycles. The highest BCUT2D eigenvalue weighted by Gasteiger charge is 2.37. The quantitative estimate of drug-likeness (QED) is 0.719. The molecule has 2 aliphatic heterocycles. The number of ether oxygens (including phenoxy) is 1. The number of sulfone groups is 1. The Balaban J connectivity index is 1.95. The highest BCUT2D eigenvalue weighted by Crippen LogP contribution is 2.32. The van der Waals surface area contributed by atoms with Gasteiger partial charge < -0.3 is 4.74 Å². The lowest BCUT2D eigenvalue weighted by molar-refractivity contribution is 0.0996. The number of alkyl halides is 1. The van der Waals surface area contributed by atoms with E-state index in [1.165, 1.54) is 0 Å². The average molecular weight is 283 g/mol. The molecule has 0 amide bonds. The van der Waals surface area contributed by atoms with Gasteiger partial charge in [-0.05, 0) is 25.2 Å². The molecule has 0 N–H and O–H groups in total. The van der Waals surface area contributed by atoms with Crippen LogP contribution in [0.3, 0.4) is 0 Å². The predicted octanol–water partition coefficient (Wildman–Crippen LogP) is 1.36. The van der Waals surface area contributed by atoms with Crippen molar-refractivity contribution in [2.45, 2.75) is 30.2 Å². The molecule has 0 aromatic carbocycles. The lowest BCUT2D eigenvalue weighted by atomic mass is 9.99. The van der Waals surface area contributed by atoms with Crippen molar-refractivity contribution in [3.05, 3.63) is 0 Å². The Morgan fingerprint density at radius 3 is 2.64 bits per heavy atom. The number of rotatable bonds is 2. The SMILES string of the molecule is O=S1(=O)CCC(C(Br)C2CCCO2)C1. The predicted molar refractivity (Wildman–Crippen MR) is 58.4 cm³/mol. The minimum absolute atomic E-state index is 0.224. The molecule has 0 radical (unpaired) electrons. The van der Waals surface area contributed by atoms with E-state index in [0.29, 0.717) is 11.5 Å². The normalized spacial score (nSPS) is 38.6. The summed E-state index contributed by atoms with van der Waals surface area (Å²) in [6.45, 7) is 0.826. The lowest BCUT2D eigenvalue weighted by Crippen LogP contribution is -2.28. The number of hydrogen-bond acceptors (Lipinski definition) is 3. The largest absolute Gasteiger partial charge is 0.377 e. The van der Waals surface area contributed by atoms with Gasteiger partial charge in [0.15, 0.2) is 9.84 Å². The van der Waals surface area contributed by atoms with Crippen LogP contribution in [0.15, 0.2) is 0 Å². The third kappa shape index (κ3) is 2.31. The molecule has 3 nitrogen and oxygen atoms in total. The van der Waals surface area contributed by atoms with E-state index in [-0.39, 0.29) is 16.8 Å². The van der Waals surface area contributed by atoms with Crippen molar-refractivity contribution in [2.24, 2.45) is 5.92 Å². The van der Waals surface area contributed by atoms with E-state index in [0.717, 1.165) is 25.9 Å². The van der Waals surface area contributed by atoms with Crippen molar-refractivity contribution in [2.75, 3.05) is 18.1 Å². The van der Waals surface area contributed by atoms with Gasteiger partial charge in [-0.1, -0.05) is 15.9 Å². The standard InChI is InChI=1S/C9H15BrO3S/c10-9(8-2-1-4-13-8)7-3-5-14(11,12)6-7/h7-9H,1-6H2. The van der Waals surface area contributed by atoms with Crippen LogP contribution in [0.4, 0.5) is 0 Å². The second-order valence-electron chi connectivity index (χ2n) is 4.16. The molecule has 3 atom stereocenters. The van der Waals surface area contributed by atoms with Gasteiger partial charge in [0.1, 0.15) is 0 Å². The highest BCUT2D eigenvalue weighted by atomic mass is 79.9. The van der Waals surface area contributed by atoms with Gasteiger partial charge in [-0.3, -0.25) is 0 Å². The van der Waals surface area contributed by atoms with Crippen molar-refractivity contribution in [1.82, 2.24) is 0 Å². The molecule has 2 fully saturated rings. The molecule has 5 heteroatoms. The molecule has 0 spiro atoms. The third-order valence-corrected chi connectivity index (χ3v) is 6.17. The molecular weight excluding hydrogens is 268 g/mol. The maximum absolute atomic E-state index is 11.3. The summed E-state index contributed by atoms with van der Waals surface area (Å²) in [5, 5.41) is 0. The van der Waals surface area contributed by atoms with Gasteiger partial charge in [-0.2, -0.15) is 0 Å². The molecule has 2 rings (SSSR count). The summed E-state index contributed by atoms with van der Waals surface area (Å²) < 4.78 is 28.2. The number of halogens is 1. The smallest absolute Gasteiger partial charge is 0.150 e. The second-order valence-corrected chi connectivity index (χ2v) is 7.45. The topological polar surface area (TPSA) is 43.4 Å². The van der Waals surface area contributed by atoms with E-state index in [1.807, 2.05) is 0 Å². The Labute approximate surface area is 93.3 Å². The summed E-state index contributed by atoms with van der Waals surface area (Å²) in [5.74, 6) is 0.943. The molecule has 3 unspecified atom stereocenters. The van der Waals surface area contributed by atoms with Gasteiger partial charge in [0, 0.05) is 11.4 Å². The van der Waals surface area contributed by atoms with Crippen LogP contribution in [0, 0.1) is 5.92 Å². The van der Waals surface area contributed by atoms with Crippen LogP contribution in [-0.4, -0.2) is 37.5 Å². The molecule has 14 heavy (non-hydrogen) atoms. The van der Waals surface area contributed by atoms with Crippen LogP contribution in [0.25, 0.3) is 0 Å². The van der Waals surface area contributed by atoms with Gasteiger partial charge in [-0.15, -0.1) is 0 Å². The van der Waals surface area contributed by atoms with Gasteiger partial charge in [0.2, 0.25) is 0 Å². The Kier molecular flexibility index (Phi) is 3.19. The fraction of sp³-hybridized carbons (Fsp3) is 1.00. The van der Waals surface area contributed by atoms with Crippen molar-refractivity contribution in [3.8, 4) is 0 Å². The molecule has 82 valence electrons. The zero-order chi connectivity index (χ0) is 10.2. The minimum Gasteiger partial charge on any atom is -0.377 e. The summed E-state index contributed by atoms with van der Waals surface area (Å²) in [7, 11) is -2.76. The minimum atomic E-state index is -2.76. The van der Waals surface area contributed by atoms with E-state index >= 15 is 0 Å². The first kappa shape index (κ1) is 10.9. The lowest BCUT2D eigenvalue weighted by Gasteiger charge is -2.21. The first-order valence-electron chi connectivity index (χ1n) is 5.04. The Morgan fingerprint density at radius 2 is 2.14 bits per heavy atom. The zero-order valence-electron chi connectivity index (χ0n) is 7.99. The molecule has 0 aromatic rings. The molecule has 2 aliphatic rings. The Morgan fingerprint density at radius 1 is 1.36 bits per heavy atom. The van der Waals surface area contributed by atoms with Gasteiger partial charge in [-0.25, -0.2) is 8.42 Å². The Bertz CT molecular complexity index is 295. The summed E-state index contributed by atoms with van der Waals surface area (Å²) in [5.41, 5.74) is 0. The van der Waals surface area contributed by atoms with Crippen LogP contribution in [0.2, 0.25) is 0 Å². The van der Waals surface area contributed by atoms with Crippen LogP contribution >= 0.6 is 15.9 Å². The third-order valence-electron chi connectivity index (χ3n) is 3.04. The number of hydrogen-bond donors (Lipinski definition) is 0. The molecule has 0 aliphatic carbocycles. The van der Waals surface area contributed by atoms with Crippen molar-refractivity contribution in [3.63, 3.8) is 0 Å². The van der Waals surface area contributed by atoms with Crippen LogP contribution in [-0.2, 0) is 14.6 Å². The molecular formula is C9H15BrO3S. The summed E-state index contributed by atoms with van der Waals surface area (Å²) in [6.07, 6.45) is 3.19. The van der Waals surface area contributed by atoms with Gasteiger partial charge >= 0.3 is 0 Å². The van der Waals surface area contributed by atoms with E-state index in [1.54, 1.807) is 0 Å². The average Bonchev–Trinajstić information content (AvgIpc) is 2.72. The van der Waals surface area contributed by atoms with E-state index in [9.17, 15) is 8.42 Å². The van der Waals surface area contributed by atoms with E-state index < -0.39 is 9.84 Å². The monoisotopic (exact) mass is 282 g/mol. The second kappa shape index (κ2) is 4.10. The first-order chi connectivity index (χ1) is 6.58. The molecule has 0 aromatic heterocycles. The fourth-order valence-electron chi connectivity index (χ4n) is 2.23. The van der Waals surface area contributed by atoms with E-state index in [4.69, 9.17) is 4.74 Å². The summed E-state index contributed by atoms with van der Waals surface area (Å²) >= 11 is 3.59. The van der Waals surface area contributed by atoms with Gasteiger partial charge in [0.25, 0.3) is 0 Å². The van der Waals surface area contributed by atoms with E-state index in [2.05, 4.69) is 15.9 Å². The van der Waals surface area contributed by atoms with Crippen LogP contribution in [0.1, 0.15) is 19.3 Å². The van der Waals surface area contributed by atoms with Crippen molar-refractivity contribution >= 4 is 25.8 Å². The molecule has 0 bridgehead atoms. The van der Waals surface area contributed by atoms with Gasteiger partial charge in [0.05, 0.1) is 17.6 Å². The zero-order valence-corrected chi connectivity index (χ0v) is 10.4. The highest BCUT2D eigenvalue weighted by molar-refractivity contribution is 9.09. The maximum Gasteiger partial charge on any atom is 0.150 e. The Hall–Kier alpha value is 0.390. The summed E-state index contributed by atoms with van der Waals surface area (Å²) in [4.78, 5) is 0.224. The fourth-order valence-corrected chi connectivity index (χ4v) is 5.20. The summed E-state index contributed by atoms with van der Waals surface area (Å²) in [6, 6.07) is 0. The maximum atomic E-state index is 11.3.